The molecule has 1 saturated heterocycles. The maximum atomic E-state index is 12.3. The van der Waals surface area contributed by atoms with Crippen LogP contribution in [0, 0.1) is 0 Å². The number of aliphatic hydroxyl groups excluding tert-OH is 1. The van der Waals surface area contributed by atoms with Gasteiger partial charge in [-0.05, 0) is 19.4 Å². The summed E-state index contributed by atoms with van der Waals surface area (Å²) < 4.78 is 0. The lowest BCUT2D eigenvalue weighted by Gasteiger charge is -2.45. The second-order valence-electron chi connectivity index (χ2n) is 5.34. The Kier molecular flexibility index (Phi) is 3.68. The molecule has 0 aromatic heterocycles. The molecule has 0 radical (unpaired) electrons. The molecule has 1 fully saturated rings. The molecule has 1 amide bonds. The van der Waals surface area contributed by atoms with Gasteiger partial charge in [0.2, 0.25) is 5.91 Å². The van der Waals surface area contributed by atoms with Crippen LogP contribution in [0.5, 0.6) is 0 Å². The fourth-order valence-electron chi connectivity index (χ4n) is 2.24. The first kappa shape index (κ1) is 13.1. The lowest BCUT2D eigenvalue weighted by atomic mass is 9.96. The molecule has 0 bridgehead atoms. The van der Waals surface area contributed by atoms with Gasteiger partial charge in [-0.3, -0.25) is 4.79 Å². The SMILES string of the molecule is CC1(C)CNC(CO)C(=O)N1Cc1ccccc1. The highest BCUT2D eigenvalue weighted by Crippen LogP contribution is 2.22. The Morgan fingerprint density at radius 2 is 2.06 bits per heavy atom. The van der Waals surface area contributed by atoms with Crippen LogP contribution in [0.1, 0.15) is 19.4 Å². The molecule has 0 saturated carbocycles. The van der Waals surface area contributed by atoms with E-state index in [1.165, 1.54) is 0 Å². The Hall–Kier alpha value is -1.39. The standard InChI is InChI=1S/C14H20N2O2/c1-14(2)10-15-12(9-17)13(18)16(14)8-11-6-4-3-5-7-11/h3-7,12,15,17H,8-10H2,1-2H3. The number of hydrogen-bond acceptors (Lipinski definition) is 3. The summed E-state index contributed by atoms with van der Waals surface area (Å²) in [4.78, 5) is 14.1. The van der Waals surface area contributed by atoms with Gasteiger partial charge in [0.1, 0.15) is 6.04 Å². The van der Waals surface area contributed by atoms with E-state index in [0.29, 0.717) is 13.1 Å². The first-order chi connectivity index (χ1) is 8.54. The molecule has 1 aliphatic rings. The highest BCUT2D eigenvalue weighted by molar-refractivity contribution is 5.83. The van der Waals surface area contributed by atoms with Crippen LogP contribution in [0.4, 0.5) is 0 Å². The first-order valence-electron chi connectivity index (χ1n) is 6.24. The number of carbonyl (C=O) groups is 1. The van der Waals surface area contributed by atoms with Crippen LogP contribution in [0.2, 0.25) is 0 Å². The molecule has 1 unspecified atom stereocenters. The molecule has 0 aliphatic carbocycles. The van der Waals surface area contributed by atoms with E-state index in [-0.39, 0.29) is 18.1 Å². The average molecular weight is 248 g/mol. The van der Waals surface area contributed by atoms with E-state index in [1.54, 1.807) is 0 Å². The van der Waals surface area contributed by atoms with Crippen molar-refractivity contribution in [2.75, 3.05) is 13.2 Å². The van der Waals surface area contributed by atoms with Crippen LogP contribution in [0.15, 0.2) is 30.3 Å². The third-order valence-corrected chi connectivity index (χ3v) is 3.44. The fourth-order valence-corrected chi connectivity index (χ4v) is 2.24. The van der Waals surface area contributed by atoms with Crippen molar-refractivity contribution in [3.8, 4) is 0 Å². The normalized spacial score (nSPS) is 23.2. The van der Waals surface area contributed by atoms with Gasteiger partial charge in [-0.25, -0.2) is 0 Å². The molecular weight excluding hydrogens is 228 g/mol. The average Bonchev–Trinajstić information content (AvgIpc) is 2.36. The molecule has 1 aromatic rings. The maximum absolute atomic E-state index is 12.3. The number of amides is 1. The number of hydrogen-bond donors (Lipinski definition) is 2. The summed E-state index contributed by atoms with van der Waals surface area (Å²) in [5.41, 5.74) is 0.871. The number of nitrogens with one attached hydrogen (secondary N) is 1. The molecular formula is C14H20N2O2. The number of piperazine rings is 1. The summed E-state index contributed by atoms with van der Waals surface area (Å²) in [7, 11) is 0. The topological polar surface area (TPSA) is 52.6 Å². The van der Waals surface area contributed by atoms with Crippen molar-refractivity contribution in [2.45, 2.75) is 32.0 Å². The van der Waals surface area contributed by atoms with Crippen molar-refractivity contribution in [3.63, 3.8) is 0 Å². The van der Waals surface area contributed by atoms with E-state index >= 15 is 0 Å². The molecule has 18 heavy (non-hydrogen) atoms. The third-order valence-electron chi connectivity index (χ3n) is 3.44. The fraction of sp³-hybridized carbons (Fsp3) is 0.500. The lowest BCUT2D eigenvalue weighted by molar-refractivity contribution is -0.145. The molecule has 0 spiro atoms. The van der Waals surface area contributed by atoms with Crippen molar-refractivity contribution in [2.24, 2.45) is 0 Å². The van der Waals surface area contributed by atoms with E-state index in [9.17, 15) is 9.90 Å². The summed E-state index contributed by atoms with van der Waals surface area (Å²) >= 11 is 0. The predicted octanol–water partition coefficient (Wildman–Crippen LogP) is 0.758. The Morgan fingerprint density at radius 1 is 1.39 bits per heavy atom. The molecule has 98 valence electrons. The third kappa shape index (κ3) is 2.54. The number of carbonyl (C=O) groups excluding carboxylic acids is 1. The summed E-state index contributed by atoms with van der Waals surface area (Å²) in [5, 5.41) is 12.3. The largest absolute Gasteiger partial charge is 0.394 e. The van der Waals surface area contributed by atoms with Gasteiger partial charge in [0.25, 0.3) is 0 Å². The van der Waals surface area contributed by atoms with Gasteiger partial charge >= 0.3 is 0 Å². The highest BCUT2D eigenvalue weighted by atomic mass is 16.3. The zero-order chi connectivity index (χ0) is 13.2. The van der Waals surface area contributed by atoms with Crippen LogP contribution >= 0.6 is 0 Å². The Bertz CT molecular complexity index is 417. The van der Waals surface area contributed by atoms with E-state index < -0.39 is 6.04 Å². The van der Waals surface area contributed by atoms with Crippen molar-refractivity contribution >= 4 is 5.91 Å². The van der Waals surface area contributed by atoms with Crippen LogP contribution in [-0.4, -0.2) is 40.6 Å². The second-order valence-corrected chi connectivity index (χ2v) is 5.34. The minimum Gasteiger partial charge on any atom is -0.394 e. The van der Waals surface area contributed by atoms with Crippen LogP contribution in [0.25, 0.3) is 0 Å². The molecule has 1 aromatic carbocycles. The van der Waals surface area contributed by atoms with Gasteiger partial charge in [0.15, 0.2) is 0 Å². The van der Waals surface area contributed by atoms with Crippen molar-refractivity contribution < 1.29 is 9.90 Å². The Labute approximate surface area is 108 Å². The summed E-state index contributed by atoms with van der Waals surface area (Å²) in [5.74, 6) is -0.0300. The molecule has 4 nitrogen and oxygen atoms in total. The maximum Gasteiger partial charge on any atom is 0.242 e. The van der Waals surface area contributed by atoms with E-state index in [2.05, 4.69) is 5.32 Å². The summed E-state index contributed by atoms with van der Waals surface area (Å²) in [6, 6.07) is 9.46. The monoisotopic (exact) mass is 248 g/mol. The quantitative estimate of drug-likeness (QED) is 0.830. The van der Waals surface area contributed by atoms with Gasteiger partial charge < -0.3 is 15.3 Å². The molecule has 1 atom stereocenters. The Morgan fingerprint density at radius 3 is 2.67 bits per heavy atom. The summed E-state index contributed by atoms with van der Waals surface area (Å²) in [6.07, 6.45) is 0. The second kappa shape index (κ2) is 5.08. The summed E-state index contributed by atoms with van der Waals surface area (Å²) in [6.45, 7) is 5.20. The van der Waals surface area contributed by atoms with Crippen molar-refractivity contribution in [1.82, 2.24) is 10.2 Å². The number of nitrogens with zero attached hydrogens (tertiary/aromatic N) is 1. The van der Waals surface area contributed by atoms with Crippen molar-refractivity contribution in [3.05, 3.63) is 35.9 Å². The molecule has 1 heterocycles. The zero-order valence-electron chi connectivity index (χ0n) is 10.9. The number of benzene rings is 1. The predicted molar refractivity (Wildman–Crippen MR) is 69.9 cm³/mol. The smallest absolute Gasteiger partial charge is 0.242 e. The highest BCUT2D eigenvalue weighted by Gasteiger charge is 2.39. The van der Waals surface area contributed by atoms with E-state index in [1.807, 2.05) is 49.1 Å². The molecule has 2 N–H and O–H groups in total. The minimum absolute atomic E-state index is 0.0300. The molecule has 4 heteroatoms. The van der Waals surface area contributed by atoms with Gasteiger partial charge in [-0.15, -0.1) is 0 Å². The first-order valence-corrected chi connectivity index (χ1v) is 6.24. The van der Waals surface area contributed by atoms with Gasteiger partial charge in [-0.2, -0.15) is 0 Å². The van der Waals surface area contributed by atoms with E-state index in [4.69, 9.17) is 0 Å². The van der Waals surface area contributed by atoms with Gasteiger partial charge in [0, 0.05) is 13.1 Å². The lowest BCUT2D eigenvalue weighted by Crippen LogP contribution is -2.65. The van der Waals surface area contributed by atoms with Crippen LogP contribution in [-0.2, 0) is 11.3 Å². The number of rotatable bonds is 3. The molecule has 1 aliphatic heterocycles. The minimum atomic E-state index is -0.471. The molecule has 2 rings (SSSR count). The van der Waals surface area contributed by atoms with E-state index in [0.717, 1.165) is 5.56 Å². The van der Waals surface area contributed by atoms with Gasteiger partial charge in [-0.1, -0.05) is 30.3 Å². The zero-order valence-corrected chi connectivity index (χ0v) is 10.9. The number of aliphatic hydroxyl groups is 1. The van der Waals surface area contributed by atoms with Crippen molar-refractivity contribution in [1.29, 1.82) is 0 Å². The Balaban J connectivity index is 2.19. The van der Waals surface area contributed by atoms with Crippen LogP contribution in [0.3, 0.4) is 0 Å². The van der Waals surface area contributed by atoms with Crippen LogP contribution < -0.4 is 5.32 Å². The van der Waals surface area contributed by atoms with Gasteiger partial charge in [0.05, 0.1) is 12.1 Å².